The van der Waals surface area contributed by atoms with Crippen molar-refractivity contribution < 1.29 is 27.6 Å². The lowest BCUT2D eigenvalue weighted by molar-refractivity contribution is -0.139. The zero-order valence-corrected chi connectivity index (χ0v) is 18.2. The third kappa shape index (κ3) is 4.81. The van der Waals surface area contributed by atoms with E-state index in [0.717, 1.165) is 30.0 Å². The van der Waals surface area contributed by atoms with E-state index in [1.54, 1.807) is 9.80 Å². The van der Waals surface area contributed by atoms with Gasteiger partial charge in [-0.05, 0) is 25.0 Å². The van der Waals surface area contributed by atoms with Gasteiger partial charge in [-0.3, -0.25) is 14.5 Å². The molecule has 0 spiro atoms. The van der Waals surface area contributed by atoms with Crippen LogP contribution in [-0.4, -0.2) is 70.9 Å². The smallest absolute Gasteiger partial charge is 0.353 e. The van der Waals surface area contributed by atoms with Gasteiger partial charge >= 0.3 is 12.2 Å². The van der Waals surface area contributed by atoms with Gasteiger partial charge in [0.2, 0.25) is 5.91 Å². The van der Waals surface area contributed by atoms with E-state index in [2.05, 4.69) is 10.3 Å². The number of aromatic nitrogens is 1. The molecule has 1 N–H and O–H groups in total. The van der Waals surface area contributed by atoms with Gasteiger partial charge < -0.3 is 15.1 Å². The molecular formula is C21H28F3N5O3. The summed E-state index contributed by atoms with van der Waals surface area (Å²) in [6.07, 6.45) is -1.14. The molecule has 1 aromatic rings. The van der Waals surface area contributed by atoms with Crippen LogP contribution in [-0.2, 0) is 15.8 Å². The standard InChI is InChI=1S/C21H28F3N5O3/c1-3-7-20(8-4-2)18(31)29(19(32)26-20)14-17(30)28-11-9-27(10-12-28)16-6-5-15(13-25-16)21(22,23)24/h5-6,13H,3-4,7-12,14H2,1-2H3,(H,26,32). The Labute approximate surface area is 184 Å². The molecule has 0 aliphatic carbocycles. The number of piperazine rings is 1. The van der Waals surface area contributed by atoms with Crippen LogP contribution in [0.3, 0.4) is 0 Å². The number of hydrogen-bond donors (Lipinski definition) is 1. The monoisotopic (exact) mass is 455 g/mol. The summed E-state index contributed by atoms with van der Waals surface area (Å²) >= 11 is 0. The molecule has 0 radical (unpaired) electrons. The number of carbonyl (C=O) groups excluding carboxylic acids is 3. The summed E-state index contributed by atoms with van der Waals surface area (Å²) in [6.45, 7) is 4.98. The Kier molecular flexibility index (Phi) is 6.94. The second-order valence-corrected chi connectivity index (χ2v) is 8.17. The number of imide groups is 1. The molecule has 2 fully saturated rings. The first-order valence-electron chi connectivity index (χ1n) is 10.8. The van der Waals surface area contributed by atoms with Crippen LogP contribution in [0.25, 0.3) is 0 Å². The molecule has 11 heteroatoms. The number of rotatable bonds is 7. The average molecular weight is 455 g/mol. The number of anilines is 1. The molecule has 2 aliphatic rings. The minimum Gasteiger partial charge on any atom is -0.353 e. The highest BCUT2D eigenvalue weighted by Crippen LogP contribution is 2.30. The molecule has 0 saturated carbocycles. The topological polar surface area (TPSA) is 85.8 Å². The van der Waals surface area contributed by atoms with Crippen molar-refractivity contribution in [3.8, 4) is 0 Å². The van der Waals surface area contributed by atoms with Crippen LogP contribution in [0.1, 0.15) is 45.1 Å². The first-order chi connectivity index (χ1) is 15.1. The van der Waals surface area contributed by atoms with Gasteiger partial charge in [-0.15, -0.1) is 0 Å². The first-order valence-corrected chi connectivity index (χ1v) is 10.8. The van der Waals surface area contributed by atoms with Crippen molar-refractivity contribution >= 4 is 23.7 Å². The Morgan fingerprint density at radius 1 is 1.09 bits per heavy atom. The normalized spacial score (nSPS) is 18.8. The molecule has 3 heterocycles. The first kappa shape index (κ1) is 23.8. The van der Waals surface area contributed by atoms with Crippen LogP contribution in [0.2, 0.25) is 0 Å². The predicted octanol–water partition coefficient (Wildman–Crippen LogP) is 2.64. The molecule has 8 nitrogen and oxygen atoms in total. The Morgan fingerprint density at radius 3 is 2.22 bits per heavy atom. The van der Waals surface area contributed by atoms with Crippen molar-refractivity contribution in [1.29, 1.82) is 0 Å². The number of halogens is 3. The minimum absolute atomic E-state index is 0.320. The highest BCUT2D eigenvalue weighted by molar-refractivity contribution is 6.09. The van der Waals surface area contributed by atoms with Crippen molar-refractivity contribution in [2.24, 2.45) is 0 Å². The third-order valence-corrected chi connectivity index (χ3v) is 5.92. The van der Waals surface area contributed by atoms with Crippen LogP contribution in [0.15, 0.2) is 18.3 Å². The molecule has 2 saturated heterocycles. The number of alkyl halides is 3. The van der Waals surface area contributed by atoms with E-state index in [4.69, 9.17) is 0 Å². The van der Waals surface area contributed by atoms with Crippen molar-refractivity contribution in [1.82, 2.24) is 20.1 Å². The largest absolute Gasteiger partial charge is 0.417 e. The molecular weight excluding hydrogens is 427 g/mol. The fraction of sp³-hybridized carbons (Fsp3) is 0.619. The van der Waals surface area contributed by atoms with Gasteiger partial charge in [0.25, 0.3) is 5.91 Å². The van der Waals surface area contributed by atoms with E-state index < -0.39 is 23.3 Å². The van der Waals surface area contributed by atoms with Gasteiger partial charge in [-0.1, -0.05) is 26.7 Å². The lowest BCUT2D eigenvalue weighted by atomic mass is 9.88. The van der Waals surface area contributed by atoms with Gasteiger partial charge in [0.05, 0.1) is 5.56 Å². The van der Waals surface area contributed by atoms with E-state index in [1.165, 1.54) is 6.07 Å². The summed E-state index contributed by atoms with van der Waals surface area (Å²) in [7, 11) is 0. The van der Waals surface area contributed by atoms with Crippen LogP contribution in [0.5, 0.6) is 0 Å². The quantitative estimate of drug-likeness (QED) is 0.639. The number of amides is 4. The van der Waals surface area contributed by atoms with Crippen LogP contribution in [0.4, 0.5) is 23.8 Å². The van der Waals surface area contributed by atoms with Crippen molar-refractivity contribution in [3.05, 3.63) is 23.9 Å². The highest BCUT2D eigenvalue weighted by Gasteiger charge is 2.50. The average Bonchev–Trinajstić information content (AvgIpc) is 2.98. The third-order valence-electron chi connectivity index (χ3n) is 5.92. The summed E-state index contributed by atoms with van der Waals surface area (Å²) in [4.78, 5) is 46.4. The summed E-state index contributed by atoms with van der Waals surface area (Å²) in [5.41, 5.74) is -1.75. The number of nitrogens with zero attached hydrogens (tertiary/aromatic N) is 4. The van der Waals surface area contributed by atoms with Crippen molar-refractivity contribution in [2.45, 2.75) is 51.2 Å². The van der Waals surface area contributed by atoms with E-state index in [9.17, 15) is 27.6 Å². The van der Waals surface area contributed by atoms with Crippen molar-refractivity contribution in [2.75, 3.05) is 37.6 Å². The fourth-order valence-corrected chi connectivity index (χ4v) is 4.30. The molecule has 4 amide bonds. The summed E-state index contributed by atoms with van der Waals surface area (Å²) in [6, 6.07) is 1.75. The summed E-state index contributed by atoms with van der Waals surface area (Å²) in [5, 5.41) is 2.79. The Morgan fingerprint density at radius 2 is 1.72 bits per heavy atom. The van der Waals surface area contributed by atoms with Crippen molar-refractivity contribution in [3.63, 3.8) is 0 Å². The second kappa shape index (κ2) is 9.33. The van der Waals surface area contributed by atoms with Crippen LogP contribution >= 0.6 is 0 Å². The Hall–Kier alpha value is -2.85. The molecule has 0 aromatic carbocycles. The molecule has 32 heavy (non-hydrogen) atoms. The van der Waals surface area contributed by atoms with Gasteiger partial charge in [0, 0.05) is 32.4 Å². The zero-order chi connectivity index (χ0) is 23.5. The molecule has 0 unspecified atom stereocenters. The number of carbonyl (C=O) groups is 3. The number of urea groups is 1. The molecule has 2 aliphatic heterocycles. The maximum atomic E-state index is 12.9. The minimum atomic E-state index is -4.44. The van der Waals surface area contributed by atoms with E-state index >= 15 is 0 Å². The maximum absolute atomic E-state index is 12.9. The molecule has 3 rings (SSSR count). The summed E-state index contributed by atoms with van der Waals surface area (Å²) in [5.74, 6) is -0.285. The lowest BCUT2D eigenvalue weighted by Crippen LogP contribution is -2.52. The lowest BCUT2D eigenvalue weighted by Gasteiger charge is -2.36. The fourth-order valence-electron chi connectivity index (χ4n) is 4.30. The number of pyridine rings is 1. The molecule has 0 bridgehead atoms. The van der Waals surface area contributed by atoms with E-state index in [-0.39, 0.29) is 18.4 Å². The van der Waals surface area contributed by atoms with E-state index in [0.29, 0.717) is 44.8 Å². The van der Waals surface area contributed by atoms with Gasteiger partial charge in [0.15, 0.2) is 0 Å². The second-order valence-electron chi connectivity index (χ2n) is 8.17. The number of nitrogens with one attached hydrogen (secondary N) is 1. The Bertz CT molecular complexity index is 845. The van der Waals surface area contributed by atoms with E-state index in [1.807, 2.05) is 13.8 Å². The van der Waals surface area contributed by atoms with Gasteiger partial charge in [-0.2, -0.15) is 13.2 Å². The van der Waals surface area contributed by atoms with Gasteiger partial charge in [-0.25, -0.2) is 9.78 Å². The van der Waals surface area contributed by atoms with Gasteiger partial charge in [0.1, 0.15) is 17.9 Å². The SMILES string of the molecule is CCCC1(CCC)NC(=O)N(CC(=O)N2CCN(c3ccc(C(F)(F)F)cn3)CC2)C1=O. The maximum Gasteiger partial charge on any atom is 0.417 e. The zero-order valence-electron chi connectivity index (χ0n) is 18.2. The van der Waals surface area contributed by atoms with Crippen LogP contribution < -0.4 is 10.2 Å². The summed E-state index contributed by atoms with van der Waals surface area (Å²) < 4.78 is 38.1. The van der Waals surface area contributed by atoms with Crippen LogP contribution in [0, 0.1) is 0 Å². The predicted molar refractivity (Wildman–Crippen MR) is 111 cm³/mol. The molecule has 0 atom stereocenters. The highest BCUT2D eigenvalue weighted by atomic mass is 19.4. The molecule has 1 aromatic heterocycles. The molecule has 176 valence electrons. The number of hydrogen-bond acceptors (Lipinski definition) is 5. The Balaban J connectivity index is 1.58.